The van der Waals surface area contributed by atoms with Crippen LogP contribution in [0.15, 0.2) is 54.6 Å². The summed E-state index contributed by atoms with van der Waals surface area (Å²) in [6, 6.07) is 17.2. The van der Waals surface area contributed by atoms with E-state index < -0.39 is 0 Å². The highest BCUT2D eigenvalue weighted by atomic mass is 35.5. The molecule has 0 radical (unpaired) electrons. The quantitative estimate of drug-likeness (QED) is 0.900. The highest BCUT2D eigenvalue weighted by Gasteiger charge is 2.11. The number of carbonyl (C=O) groups is 1. The average molecular weight is 274 g/mol. The summed E-state index contributed by atoms with van der Waals surface area (Å²) in [6.07, 6.45) is 0. The van der Waals surface area contributed by atoms with Crippen LogP contribution in [-0.4, -0.2) is 12.5 Å². The van der Waals surface area contributed by atoms with E-state index in [0.29, 0.717) is 17.1 Å². The summed E-state index contributed by atoms with van der Waals surface area (Å²) in [4.78, 5) is 12.0. The Morgan fingerprint density at radius 3 is 2.42 bits per heavy atom. The van der Waals surface area contributed by atoms with E-state index in [9.17, 15) is 4.79 Å². The smallest absolute Gasteiger partial charge is 0.252 e. The average Bonchev–Trinajstić information content (AvgIpc) is 2.46. The van der Waals surface area contributed by atoms with E-state index in [1.807, 2.05) is 24.3 Å². The lowest BCUT2D eigenvalue weighted by molar-refractivity contribution is 0.0952. The minimum atomic E-state index is -0.131. The molecule has 1 atom stereocenters. The van der Waals surface area contributed by atoms with Crippen molar-refractivity contribution in [1.82, 2.24) is 5.32 Å². The molecule has 2 rings (SSSR count). The summed E-state index contributed by atoms with van der Waals surface area (Å²) >= 11 is 5.99. The Balaban J connectivity index is 1.96. The van der Waals surface area contributed by atoms with Crippen molar-refractivity contribution in [2.24, 2.45) is 0 Å². The van der Waals surface area contributed by atoms with Crippen molar-refractivity contribution in [3.8, 4) is 0 Å². The Bertz CT molecular complexity index is 554. The lowest BCUT2D eigenvalue weighted by Crippen LogP contribution is -2.27. The lowest BCUT2D eigenvalue weighted by Gasteiger charge is -2.13. The first-order valence-corrected chi connectivity index (χ1v) is 6.64. The fraction of sp³-hybridized carbons (Fsp3) is 0.188. The Hall–Kier alpha value is -1.80. The molecule has 0 saturated carbocycles. The molecule has 0 heterocycles. The van der Waals surface area contributed by atoms with Gasteiger partial charge >= 0.3 is 0 Å². The summed E-state index contributed by atoms with van der Waals surface area (Å²) in [7, 11) is 0. The summed E-state index contributed by atoms with van der Waals surface area (Å²) < 4.78 is 0. The number of hydrogen-bond acceptors (Lipinski definition) is 1. The van der Waals surface area contributed by atoms with Crippen LogP contribution in [0.4, 0.5) is 0 Å². The standard InChI is InChI=1S/C16H16ClNO/c1-12(13-7-3-2-4-8-13)11-18-16(19)14-9-5-6-10-15(14)17/h2-10,12H,11H2,1H3,(H,18,19)/t12-/m1/s1. The first kappa shape index (κ1) is 13.6. The molecule has 0 unspecified atom stereocenters. The molecule has 0 aliphatic carbocycles. The van der Waals surface area contributed by atoms with E-state index in [0.717, 1.165) is 0 Å². The van der Waals surface area contributed by atoms with Crippen molar-refractivity contribution in [1.29, 1.82) is 0 Å². The fourth-order valence-electron chi connectivity index (χ4n) is 1.89. The summed E-state index contributed by atoms with van der Waals surface area (Å²) in [5, 5.41) is 3.39. The van der Waals surface area contributed by atoms with Gasteiger partial charge in [-0.05, 0) is 23.6 Å². The Morgan fingerprint density at radius 2 is 1.74 bits per heavy atom. The van der Waals surface area contributed by atoms with Crippen LogP contribution >= 0.6 is 11.6 Å². The molecule has 2 nitrogen and oxygen atoms in total. The van der Waals surface area contributed by atoms with Crippen molar-refractivity contribution in [2.75, 3.05) is 6.54 Å². The van der Waals surface area contributed by atoms with Crippen LogP contribution in [0.1, 0.15) is 28.8 Å². The predicted octanol–water partition coefficient (Wildman–Crippen LogP) is 3.87. The van der Waals surface area contributed by atoms with Crippen LogP contribution < -0.4 is 5.32 Å². The van der Waals surface area contributed by atoms with Crippen LogP contribution in [0.2, 0.25) is 5.02 Å². The van der Waals surface area contributed by atoms with Crippen molar-refractivity contribution in [2.45, 2.75) is 12.8 Å². The van der Waals surface area contributed by atoms with Crippen molar-refractivity contribution < 1.29 is 4.79 Å². The molecule has 98 valence electrons. The second kappa shape index (κ2) is 6.39. The molecule has 1 amide bonds. The molecule has 2 aromatic rings. The number of halogens is 1. The normalized spacial score (nSPS) is 11.9. The molecule has 19 heavy (non-hydrogen) atoms. The molecule has 1 N–H and O–H groups in total. The van der Waals surface area contributed by atoms with Crippen molar-refractivity contribution >= 4 is 17.5 Å². The largest absolute Gasteiger partial charge is 0.351 e. The van der Waals surface area contributed by atoms with Crippen LogP contribution in [0.25, 0.3) is 0 Å². The maximum absolute atomic E-state index is 12.0. The first-order valence-electron chi connectivity index (χ1n) is 6.26. The number of benzene rings is 2. The van der Waals surface area contributed by atoms with Gasteiger partial charge < -0.3 is 5.32 Å². The van der Waals surface area contributed by atoms with Gasteiger partial charge in [0, 0.05) is 6.54 Å². The molecule has 0 saturated heterocycles. The molecular formula is C16H16ClNO. The zero-order valence-electron chi connectivity index (χ0n) is 10.8. The van der Waals surface area contributed by atoms with Crippen LogP contribution in [0.3, 0.4) is 0 Å². The molecule has 0 spiro atoms. The number of nitrogens with one attached hydrogen (secondary N) is 1. The van der Waals surface area contributed by atoms with Gasteiger partial charge in [-0.15, -0.1) is 0 Å². The van der Waals surface area contributed by atoms with E-state index in [-0.39, 0.29) is 11.8 Å². The number of carbonyl (C=O) groups excluding carboxylic acids is 1. The second-order valence-electron chi connectivity index (χ2n) is 4.50. The van der Waals surface area contributed by atoms with Gasteiger partial charge in [-0.1, -0.05) is 61.0 Å². The van der Waals surface area contributed by atoms with Gasteiger partial charge in [-0.3, -0.25) is 4.79 Å². The maximum atomic E-state index is 12.0. The Labute approximate surface area is 118 Å². The molecule has 0 aliphatic rings. The van der Waals surface area contributed by atoms with Crippen molar-refractivity contribution in [3.63, 3.8) is 0 Å². The minimum Gasteiger partial charge on any atom is -0.351 e. The zero-order valence-corrected chi connectivity index (χ0v) is 11.5. The Morgan fingerprint density at radius 1 is 1.11 bits per heavy atom. The Kier molecular flexibility index (Phi) is 4.58. The van der Waals surface area contributed by atoms with Crippen LogP contribution in [0.5, 0.6) is 0 Å². The topological polar surface area (TPSA) is 29.1 Å². The van der Waals surface area contributed by atoms with E-state index in [2.05, 4.69) is 24.4 Å². The molecule has 3 heteroatoms. The van der Waals surface area contributed by atoms with Gasteiger partial charge in [-0.25, -0.2) is 0 Å². The van der Waals surface area contributed by atoms with Gasteiger partial charge in [0.05, 0.1) is 10.6 Å². The molecule has 0 aromatic heterocycles. The zero-order chi connectivity index (χ0) is 13.7. The van der Waals surface area contributed by atoms with Gasteiger partial charge in [-0.2, -0.15) is 0 Å². The molecule has 0 fully saturated rings. The van der Waals surface area contributed by atoms with Gasteiger partial charge in [0.15, 0.2) is 0 Å². The summed E-state index contributed by atoms with van der Waals surface area (Å²) in [5.74, 6) is 0.140. The summed E-state index contributed by atoms with van der Waals surface area (Å²) in [6.45, 7) is 2.68. The van der Waals surface area contributed by atoms with Crippen LogP contribution in [0, 0.1) is 0 Å². The number of rotatable bonds is 4. The highest BCUT2D eigenvalue weighted by molar-refractivity contribution is 6.33. The maximum Gasteiger partial charge on any atom is 0.252 e. The van der Waals surface area contributed by atoms with E-state index in [4.69, 9.17) is 11.6 Å². The van der Waals surface area contributed by atoms with Crippen molar-refractivity contribution in [3.05, 3.63) is 70.7 Å². The number of amides is 1. The van der Waals surface area contributed by atoms with Gasteiger partial charge in [0.1, 0.15) is 0 Å². The van der Waals surface area contributed by atoms with Gasteiger partial charge in [0.25, 0.3) is 5.91 Å². The third kappa shape index (κ3) is 3.58. The van der Waals surface area contributed by atoms with E-state index in [1.165, 1.54) is 5.56 Å². The van der Waals surface area contributed by atoms with Gasteiger partial charge in [0.2, 0.25) is 0 Å². The predicted molar refractivity (Wildman–Crippen MR) is 78.6 cm³/mol. The lowest BCUT2D eigenvalue weighted by atomic mass is 10.0. The summed E-state index contributed by atoms with van der Waals surface area (Å²) in [5.41, 5.74) is 1.73. The van der Waals surface area contributed by atoms with E-state index >= 15 is 0 Å². The number of hydrogen-bond donors (Lipinski definition) is 1. The monoisotopic (exact) mass is 273 g/mol. The van der Waals surface area contributed by atoms with Crippen LogP contribution in [-0.2, 0) is 0 Å². The molecular weight excluding hydrogens is 258 g/mol. The molecule has 0 bridgehead atoms. The first-order chi connectivity index (χ1) is 9.18. The fourth-order valence-corrected chi connectivity index (χ4v) is 2.11. The third-order valence-corrected chi connectivity index (χ3v) is 3.39. The van der Waals surface area contributed by atoms with E-state index in [1.54, 1.807) is 18.2 Å². The third-order valence-electron chi connectivity index (χ3n) is 3.06. The highest BCUT2D eigenvalue weighted by Crippen LogP contribution is 2.16. The molecule has 2 aromatic carbocycles. The SMILES string of the molecule is C[C@H](CNC(=O)c1ccccc1Cl)c1ccccc1. The minimum absolute atomic E-state index is 0.131. The molecule has 0 aliphatic heterocycles. The second-order valence-corrected chi connectivity index (χ2v) is 4.91.